The van der Waals surface area contributed by atoms with Crippen molar-refractivity contribution in [3.05, 3.63) is 43.0 Å². The summed E-state index contributed by atoms with van der Waals surface area (Å²) in [5.74, 6) is 0. The van der Waals surface area contributed by atoms with Gasteiger partial charge < -0.3 is 4.98 Å². The van der Waals surface area contributed by atoms with E-state index in [1.54, 1.807) is 10.9 Å². The highest BCUT2D eigenvalue weighted by Crippen LogP contribution is 2.26. The van der Waals surface area contributed by atoms with E-state index >= 15 is 0 Å². The van der Waals surface area contributed by atoms with Crippen molar-refractivity contribution in [1.29, 1.82) is 0 Å². The number of nitrogens with one attached hydrogen (secondary N) is 1. The van der Waals surface area contributed by atoms with Gasteiger partial charge in [0.1, 0.15) is 5.65 Å². The van der Waals surface area contributed by atoms with Gasteiger partial charge in [0.05, 0.1) is 17.4 Å². The summed E-state index contributed by atoms with van der Waals surface area (Å²) in [4.78, 5) is 12.1. The zero-order valence-electron chi connectivity index (χ0n) is 10.3. The molecular weight excluding hydrogens is 238 g/mol. The fourth-order valence-electron chi connectivity index (χ4n) is 2.33. The van der Waals surface area contributed by atoms with Crippen LogP contribution >= 0.6 is 0 Å². The number of fused-ring (bicyclic) bond motifs is 3. The molecule has 4 rings (SSSR count). The number of rotatable bonds is 1. The maximum atomic E-state index is 4.66. The van der Waals surface area contributed by atoms with Gasteiger partial charge in [-0.05, 0) is 18.2 Å². The van der Waals surface area contributed by atoms with Gasteiger partial charge in [-0.25, -0.2) is 4.98 Å². The Morgan fingerprint density at radius 1 is 1.11 bits per heavy atom. The zero-order valence-corrected chi connectivity index (χ0v) is 10.3. The van der Waals surface area contributed by atoms with E-state index in [9.17, 15) is 0 Å². The smallest absolute Gasteiger partial charge is 0.139 e. The lowest BCUT2D eigenvalue weighted by Gasteiger charge is -1.96. The van der Waals surface area contributed by atoms with Gasteiger partial charge in [-0.1, -0.05) is 0 Å². The molecule has 0 fully saturated rings. The highest BCUT2D eigenvalue weighted by Gasteiger charge is 2.08. The molecule has 0 saturated carbocycles. The molecule has 0 bridgehead atoms. The monoisotopic (exact) mass is 249 g/mol. The molecule has 1 N–H and O–H groups in total. The van der Waals surface area contributed by atoms with Crippen LogP contribution in [-0.2, 0) is 7.05 Å². The molecule has 4 aromatic heterocycles. The Hall–Kier alpha value is -2.69. The van der Waals surface area contributed by atoms with Crippen LogP contribution in [0.15, 0.2) is 43.0 Å². The molecular formula is C14H11N5. The van der Waals surface area contributed by atoms with E-state index in [-0.39, 0.29) is 0 Å². The molecule has 0 aliphatic heterocycles. The Bertz CT molecular complexity index is 887. The molecule has 19 heavy (non-hydrogen) atoms. The molecule has 0 atom stereocenters. The molecule has 5 nitrogen and oxygen atoms in total. The van der Waals surface area contributed by atoms with E-state index < -0.39 is 0 Å². The second kappa shape index (κ2) is 3.65. The summed E-state index contributed by atoms with van der Waals surface area (Å²) in [5, 5.41) is 6.37. The maximum Gasteiger partial charge on any atom is 0.139 e. The second-order valence-electron chi connectivity index (χ2n) is 4.54. The molecule has 0 unspecified atom stereocenters. The van der Waals surface area contributed by atoms with Gasteiger partial charge in [-0.2, -0.15) is 5.10 Å². The molecule has 4 aromatic rings. The second-order valence-corrected chi connectivity index (χ2v) is 4.54. The predicted octanol–water partition coefficient (Wildman–Crippen LogP) is 2.51. The summed E-state index contributed by atoms with van der Waals surface area (Å²) >= 11 is 0. The van der Waals surface area contributed by atoms with Crippen molar-refractivity contribution in [1.82, 2.24) is 24.7 Å². The van der Waals surface area contributed by atoms with Gasteiger partial charge >= 0.3 is 0 Å². The van der Waals surface area contributed by atoms with Crippen LogP contribution in [0.4, 0.5) is 0 Å². The third-order valence-electron chi connectivity index (χ3n) is 3.26. The SMILES string of the molecule is Cn1cc(-c2ccc3c(n2)[nH]c2ccncc23)cn1. The number of hydrogen-bond acceptors (Lipinski definition) is 3. The number of aromatic nitrogens is 5. The first-order valence-electron chi connectivity index (χ1n) is 6.03. The van der Waals surface area contributed by atoms with Crippen molar-refractivity contribution in [2.24, 2.45) is 7.05 Å². The molecule has 0 amide bonds. The predicted molar refractivity (Wildman–Crippen MR) is 73.6 cm³/mol. The fraction of sp³-hybridized carbons (Fsp3) is 0.0714. The Morgan fingerprint density at radius 2 is 2.05 bits per heavy atom. The zero-order chi connectivity index (χ0) is 12.8. The summed E-state index contributed by atoms with van der Waals surface area (Å²) in [5.41, 5.74) is 3.87. The average molecular weight is 249 g/mol. The summed E-state index contributed by atoms with van der Waals surface area (Å²) < 4.78 is 1.77. The van der Waals surface area contributed by atoms with Crippen molar-refractivity contribution in [2.75, 3.05) is 0 Å². The van der Waals surface area contributed by atoms with Crippen molar-refractivity contribution in [2.45, 2.75) is 0 Å². The van der Waals surface area contributed by atoms with Crippen LogP contribution in [0.25, 0.3) is 33.2 Å². The van der Waals surface area contributed by atoms with Crippen LogP contribution in [-0.4, -0.2) is 24.7 Å². The first-order valence-corrected chi connectivity index (χ1v) is 6.03. The Kier molecular flexibility index (Phi) is 1.97. The Morgan fingerprint density at radius 3 is 2.89 bits per heavy atom. The van der Waals surface area contributed by atoms with Crippen LogP contribution in [0.3, 0.4) is 0 Å². The van der Waals surface area contributed by atoms with Gasteiger partial charge in [-0.15, -0.1) is 0 Å². The molecule has 0 aliphatic rings. The van der Waals surface area contributed by atoms with Crippen molar-refractivity contribution >= 4 is 21.9 Å². The first-order chi connectivity index (χ1) is 9.31. The highest BCUT2D eigenvalue weighted by atomic mass is 15.2. The van der Waals surface area contributed by atoms with E-state index in [2.05, 4.69) is 26.1 Å². The number of H-pyrrole nitrogens is 1. The molecule has 0 radical (unpaired) electrons. The summed E-state index contributed by atoms with van der Waals surface area (Å²) in [6.07, 6.45) is 7.41. The number of hydrogen-bond donors (Lipinski definition) is 1. The van der Waals surface area contributed by atoms with Crippen LogP contribution in [0.2, 0.25) is 0 Å². The van der Waals surface area contributed by atoms with E-state index in [4.69, 9.17) is 0 Å². The van der Waals surface area contributed by atoms with E-state index in [0.29, 0.717) is 0 Å². The van der Waals surface area contributed by atoms with Gasteiger partial charge in [0.25, 0.3) is 0 Å². The minimum atomic E-state index is 0.879. The summed E-state index contributed by atoms with van der Waals surface area (Å²) in [7, 11) is 1.90. The maximum absolute atomic E-state index is 4.66. The van der Waals surface area contributed by atoms with E-state index in [1.165, 1.54) is 0 Å². The summed E-state index contributed by atoms with van der Waals surface area (Å²) in [6, 6.07) is 6.05. The lowest BCUT2D eigenvalue weighted by atomic mass is 10.2. The number of aromatic amines is 1. The third-order valence-corrected chi connectivity index (χ3v) is 3.26. The number of aryl methyl sites for hydroxylation is 1. The minimum absolute atomic E-state index is 0.879. The first kappa shape index (κ1) is 10.3. The Balaban J connectivity index is 1.99. The topological polar surface area (TPSA) is 59.4 Å². The van der Waals surface area contributed by atoms with Crippen LogP contribution < -0.4 is 0 Å². The molecule has 0 aromatic carbocycles. The van der Waals surface area contributed by atoms with Gasteiger partial charge in [0, 0.05) is 42.0 Å². The molecule has 92 valence electrons. The number of nitrogens with zero attached hydrogens (tertiary/aromatic N) is 4. The largest absolute Gasteiger partial charge is 0.339 e. The average Bonchev–Trinajstić information content (AvgIpc) is 3.01. The highest BCUT2D eigenvalue weighted by molar-refractivity contribution is 6.05. The van der Waals surface area contributed by atoms with Crippen LogP contribution in [0.1, 0.15) is 0 Å². The van der Waals surface area contributed by atoms with Crippen molar-refractivity contribution < 1.29 is 0 Å². The van der Waals surface area contributed by atoms with Gasteiger partial charge in [-0.3, -0.25) is 9.67 Å². The Labute approximate surface area is 108 Å². The summed E-state index contributed by atoms with van der Waals surface area (Å²) in [6.45, 7) is 0. The third kappa shape index (κ3) is 1.52. The molecule has 0 spiro atoms. The number of pyridine rings is 2. The lowest BCUT2D eigenvalue weighted by Crippen LogP contribution is -1.85. The molecule has 5 heteroatoms. The van der Waals surface area contributed by atoms with Crippen LogP contribution in [0, 0.1) is 0 Å². The molecule has 4 heterocycles. The van der Waals surface area contributed by atoms with Crippen LogP contribution in [0.5, 0.6) is 0 Å². The van der Waals surface area contributed by atoms with Gasteiger partial charge in [0.15, 0.2) is 0 Å². The normalized spacial score (nSPS) is 11.4. The van der Waals surface area contributed by atoms with E-state index in [1.807, 2.05) is 37.8 Å². The van der Waals surface area contributed by atoms with Crippen molar-refractivity contribution in [3.8, 4) is 11.3 Å². The van der Waals surface area contributed by atoms with Gasteiger partial charge in [0.2, 0.25) is 0 Å². The lowest BCUT2D eigenvalue weighted by molar-refractivity contribution is 0.768. The van der Waals surface area contributed by atoms with Crippen molar-refractivity contribution in [3.63, 3.8) is 0 Å². The molecule has 0 aliphatic carbocycles. The quantitative estimate of drug-likeness (QED) is 0.564. The van der Waals surface area contributed by atoms with E-state index in [0.717, 1.165) is 33.2 Å². The standard InChI is InChI=1S/C14H11N5/c1-19-8-9(6-16-19)12-3-2-10-11-7-15-5-4-13(11)18-14(10)17-12/h2-8H,1H3,(H,17,18). The fourth-order valence-corrected chi connectivity index (χ4v) is 2.33. The minimum Gasteiger partial charge on any atom is -0.339 e. The molecule has 0 saturated heterocycles.